The largest absolute Gasteiger partial charge is 0.444 e. The van der Waals surface area contributed by atoms with Crippen molar-refractivity contribution in [1.82, 2.24) is 9.69 Å². The molecule has 0 bridgehead atoms. The molecule has 1 aromatic heterocycles. The van der Waals surface area contributed by atoms with Crippen molar-refractivity contribution in [3.63, 3.8) is 0 Å². The number of benzene rings is 1. The Bertz CT molecular complexity index is 684. The second-order valence-corrected chi connectivity index (χ2v) is 7.71. The molecule has 0 unspecified atom stereocenters. The number of aromatic nitrogens is 1. The maximum absolute atomic E-state index is 11.9. The third-order valence-corrected chi connectivity index (χ3v) is 4.69. The quantitative estimate of drug-likeness (QED) is 0.908. The van der Waals surface area contributed by atoms with Crippen molar-refractivity contribution >= 4 is 33.5 Å². The van der Waals surface area contributed by atoms with Gasteiger partial charge in [0.05, 0.1) is 4.70 Å². The van der Waals surface area contributed by atoms with E-state index in [0.717, 1.165) is 31.7 Å². The van der Waals surface area contributed by atoms with Crippen molar-refractivity contribution in [2.45, 2.75) is 45.3 Å². The molecule has 6 heteroatoms. The highest BCUT2D eigenvalue weighted by Crippen LogP contribution is 2.30. The molecule has 3 rings (SSSR count). The number of piperidine rings is 1. The van der Waals surface area contributed by atoms with E-state index in [4.69, 9.17) is 4.74 Å². The van der Waals surface area contributed by atoms with Gasteiger partial charge in [0.2, 0.25) is 0 Å². The summed E-state index contributed by atoms with van der Waals surface area (Å²) in [6.45, 7) is 7.43. The summed E-state index contributed by atoms with van der Waals surface area (Å²) >= 11 is 1.54. The number of hydrogen-bond donors (Lipinski definition) is 1. The fourth-order valence-electron chi connectivity index (χ4n) is 2.81. The minimum absolute atomic E-state index is 0.172. The molecule has 1 aromatic carbocycles. The smallest absolute Gasteiger partial charge is 0.407 e. The lowest BCUT2D eigenvalue weighted by atomic mass is 10.0. The molecule has 1 amide bonds. The molecule has 0 atom stereocenters. The summed E-state index contributed by atoms with van der Waals surface area (Å²) in [4.78, 5) is 14.2. The lowest BCUT2D eigenvalue weighted by Crippen LogP contribution is -2.46. The lowest BCUT2D eigenvalue weighted by Gasteiger charge is -2.33. The first-order valence-corrected chi connectivity index (χ1v) is 8.78. The standard InChI is InChI=1S/C17H23N3O2S/c1-17(2,3)22-16(21)18-12-8-10-20(11-9-12)15-13-6-4-5-7-14(13)23-19-15/h4-7,12H,8-11H2,1-3H3,(H,18,21). The van der Waals surface area contributed by atoms with Crippen LogP contribution in [0.1, 0.15) is 33.6 Å². The van der Waals surface area contributed by atoms with E-state index in [2.05, 4.69) is 32.8 Å². The van der Waals surface area contributed by atoms with Crippen molar-refractivity contribution in [3.05, 3.63) is 24.3 Å². The van der Waals surface area contributed by atoms with Gasteiger partial charge in [-0.3, -0.25) is 0 Å². The van der Waals surface area contributed by atoms with Crippen molar-refractivity contribution < 1.29 is 9.53 Å². The molecule has 1 N–H and O–H groups in total. The van der Waals surface area contributed by atoms with Gasteiger partial charge in [0, 0.05) is 24.5 Å². The molecule has 1 fully saturated rings. The van der Waals surface area contributed by atoms with Gasteiger partial charge in [-0.2, -0.15) is 4.37 Å². The predicted molar refractivity (Wildman–Crippen MR) is 94.2 cm³/mol. The second-order valence-electron chi connectivity index (χ2n) is 6.91. The Kier molecular flexibility index (Phi) is 4.43. The van der Waals surface area contributed by atoms with E-state index in [1.807, 2.05) is 26.8 Å². The number of carbonyl (C=O) groups is 1. The molecule has 5 nitrogen and oxygen atoms in total. The Morgan fingerprint density at radius 2 is 2.00 bits per heavy atom. The Labute approximate surface area is 140 Å². The van der Waals surface area contributed by atoms with Gasteiger partial charge >= 0.3 is 6.09 Å². The third kappa shape index (κ3) is 3.93. The number of fused-ring (bicyclic) bond motifs is 1. The summed E-state index contributed by atoms with van der Waals surface area (Å²) in [5.74, 6) is 1.07. The van der Waals surface area contributed by atoms with Crippen LogP contribution < -0.4 is 10.2 Å². The molecule has 23 heavy (non-hydrogen) atoms. The molecule has 0 aliphatic carbocycles. The van der Waals surface area contributed by atoms with E-state index in [0.29, 0.717) is 0 Å². The van der Waals surface area contributed by atoms with E-state index in [1.54, 1.807) is 11.5 Å². The minimum Gasteiger partial charge on any atom is -0.444 e. The summed E-state index contributed by atoms with van der Waals surface area (Å²) in [6, 6.07) is 8.50. The first kappa shape index (κ1) is 16.1. The third-order valence-electron chi connectivity index (χ3n) is 3.87. The van der Waals surface area contributed by atoms with Crippen LogP contribution in [-0.2, 0) is 4.74 Å². The van der Waals surface area contributed by atoms with Crippen LogP contribution in [0, 0.1) is 0 Å². The normalized spacial score (nSPS) is 16.6. The molecule has 1 aliphatic heterocycles. The molecular weight excluding hydrogens is 310 g/mol. The van der Waals surface area contributed by atoms with E-state index in [1.165, 1.54) is 10.1 Å². The second kappa shape index (κ2) is 6.35. The van der Waals surface area contributed by atoms with Crippen LogP contribution in [0.5, 0.6) is 0 Å². The highest BCUT2D eigenvalue weighted by Gasteiger charge is 2.25. The van der Waals surface area contributed by atoms with Crippen molar-refractivity contribution in [2.75, 3.05) is 18.0 Å². The molecule has 0 saturated carbocycles. The van der Waals surface area contributed by atoms with E-state index in [9.17, 15) is 4.79 Å². The fourth-order valence-corrected chi connectivity index (χ4v) is 3.61. The summed E-state index contributed by atoms with van der Waals surface area (Å²) in [5.41, 5.74) is -0.454. The van der Waals surface area contributed by atoms with Crippen molar-refractivity contribution in [1.29, 1.82) is 0 Å². The molecule has 0 radical (unpaired) electrons. The lowest BCUT2D eigenvalue weighted by molar-refractivity contribution is 0.0497. The van der Waals surface area contributed by atoms with Gasteiger partial charge in [0.15, 0.2) is 0 Å². The molecule has 1 aliphatic rings. The molecule has 124 valence electrons. The molecule has 2 heterocycles. The summed E-state index contributed by atoms with van der Waals surface area (Å²) in [7, 11) is 0. The summed E-state index contributed by atoms with van der Waals surface area (Å²) < 4.78 is 11.2. The van der Waals surface area contributed by atoms with Gasteiger partial charge in [-0.05, 0) is 57.3 Å². The highest BCUT2D eigenvalue weighted by atomic mass is 32.1. The number of amides is 1. The van der Waals surface area contributed by atoms with Gasteiger partial charge in [-0.1, -0.05) is 12.1 Å². The Hall–Kier alpha value is -1.82. The average Bonchev–Trinajstić information content (AvgIpc) is 2.90. The Morgan fingerprint density at radius 3 is 2.70 bits per heavy atom. The molecular formula is C17H23N3O2S. The number of carbonyl (C=O) groups excluding carboxylic acids is 1. The maximum atomic E-state index is 11.9. The number of alkyl carbamates (subject to hydrolysis) is 1. The SMILES string of the molecule is CC(C)(C)OC(=O)NC1CCN(c2nsc3ccccc23)CC1. The number of ether oxygens (including phenoxy) is 1. The zero-order valence-corrected chi connectivity index (χ0v) is 14.7. The van der Waals surface area contributed by atoms with Gasteiger partial charge in [0.25, 0.3) is 0 Å². The van der Waals surface area contributed by atoms with E-state index < -0.39 is 5.60 Å². The van der Waals surface area contributed by atoms with Crippen LogP contribution in [-0.4, -0.2) is 35.2 Å². The minimum atomic E-state index is -0.454. The van der Waals surface area contributed by atoms with Crippen LogP contribution >= 0.6 is 11.5 Å². The summed E-state index contributed by atoms with van der Waals surface area (Å²) in [5, 5.41) is 4.19. The number of anilines is 1. The summed E-state index contributed by atoms with van der Waals surface area (Å²) in [6.07, 6.45) is 1.49. The Morgan fingerprint density at radius 1 is 1.30 bits per heavy atom. The first-order valence-electron chi connectivity index (χ1n) is 8.01. The first-order chi connectivity index (χ1) is 10.9. The van der Waals surface area contributed by atoms with Crippen LogP contribution in [0.2, 0.25) is 0 Å². The zero-order chi connectivity index (χ0) is 16.4. The van der Waals surface area contributed by atoms with Crippen LogP contribution in [0.3, 0.4) is 0 Å². The van der Waals surface area contributed by atoms with Gasteiger partial charge in [0.1, 0.15) is 11.4 Å². The van der Waals surface area contributed by atoms with Crippen LogP contribution in [0.4, 0.5) is 10.6 Å². The van der Waals surface area contributed by atoms with E-state index in [-0.39, 0.29) is 12.1 Å². The monoisotopic (exact) mass is 333 g/mol. The van der Waals surface area contributed by atoms with Crippen LogP contribution in [0.25, 0.3) is 10.1 Å². The number of rotatable bonds is 2. The van der Waals surface area contributed by atoms with Gasteiger partial charge < -0.3 is 15.0 Å². The van der Waals surface area contributed by atoms with E-state index >= 15 is 0 Å². The predicted octanol–water partition coefficient (Wildman–Crippen LogP) is 3.79. The van der Waals surface area contributed by atoms with Crippen molar-refractivity contribution in [3.8, 4) is 0 Å². The molecule has 2 aromatic rings. The molecule has 1 saturated heterocycles. The maximum Gasteiger partial charge on any atom is 0.407 e. The highest BCUT2D eigenvalue weighted by molar-refractivity contribution is 7.13. The zero-order valence-electron chi connectivity index (χ0n) is 13.8. The Balaban J connectivity index is 1.57. The number of hydrogen-bond acceptors (Lipinski definition) is 5. The average molecular weight is 333 g/mol. The van der Waals surface area contributed by atoms with Gasteiger partial charge in [-0.15, -0.1) is 0 Å². The van der Waals surface area contributed by atoms with Crippen molar-refractivity contribution in [2.24, 2.45) is 0 Å². The molecule has 0 spiro atoms. The number of nitrogens with zero attached hydrogens (tertiary/aromatic N) is 2. The van der Waals surface area contributed by atoms with Crippen LogP contribution in [0.15, 0.2) is 24.3 Å². The van der Waals surface area contributed by atoms with Gasteiger partial charge in [-0.25, -0.2) is 4.79 Å². The number of nitrogens with one attached hydrogen (secondary N) is 1. The fraction of sp³-hybridized carbons (Fsp3) is 0.529. The topological polar surface area (TPSA) is 54.5 Å².